The van der Waals surface area contributed by atoms with Crippen LogP contribution in [0.3, 0.4) is 0 Å². The van der Waals surface area contributed by atoms with E-state index < -0.39 is 0 Å². The highest BCUT2D eigenvalue weighted by Crippen LogP contribution is 2.10. The highest BCUT2D eigenvalue weighted by atomic mass is 16.1. The van der Waals surface area contributed by atoms with Crippen LogP contribution in [0.1, 0.15) is 21.5 Å². The lowest BCUT2D eigenvalue weighted by atomic mass is 10.1. The smallest absolute Gasteiger partial charge is 0.256 e. The summed E-state index contributed by atoms with van der Waals surface area (Å²) >= 11 is 0. The number of amides is 1. The van der Waals surface area contributed by atoms with Gasteiger partial charge in [-0.3, -0.25) is 4.79 Å². The first-order valence-corrected chi connectivity index (χ1v) is 8.56. The van der Waals surface area contributed by atoms with Crippen LogP contribution < -0.4 is 5.32 Å². The molecular weight excluding hydrogens is 340 g/mol. The van der Waals surface area contributed by atoms with Crippen molar-refractivity contribution in [3.63, 3.8) is 0 Å². The summed E-state index contributed by atoms with van der Waals surface area (Å²) in [5.41, 5.74) is 2.79. The SMILES string of the molecule is O=C(Nc1cn(Cc2ccccc2)nn1)c1ccc(Cn2ccnc2)cc1. The van der Waals surface area contributed by atoms with Gasteiger partial charge in [-0.25, -0.2) is 9.67 Å². The standard InChI is InChI=1S/C20H18N6O/c27-20(18-8-6-17(7-9-18)12-25-11-10-21-15-25)22-19-14-26(24-23-19)13-16-4-2-1-3-5-16/h1-11,14-15H,12-13H2,(H,22,27). The second-order valence-corrected chi connectivity index (χ2v) is 6.17. The van der Waals surface area contributed by atoms with Crippen molar-refractivity contribution in [3.8, 4) is 0 Å². The quantitative estimate of drug-likeness (QED) is 0.575. The Bertz CT molecular complexity index is 1010. The number of aromatic nitrogens is 5. The van der Waals surface area contributed by atoms with Crippen LogP contribution in [-0.2, 0) is 13.1 Å². The Balaban J connectivity index is 1.37. The van der Waals surface area contributed by atoms with Gasteiger partial charge >= 0.3 is 0 Å². The maximum atomic E-state index is 12.4. The minimum absolute atomic E-state index is 0.212. The molecule has 0 saturated heterocycles. The number of imidazole rings is 1. The second kappa shape index (κ2) is 7.65. The van der Waals surface area contributed by atoms with Crippen molar-refractivity contribution >= 4 is 11.7 Å². The summed E-state index contributed by atoms with van der Waals surface area (Å²) in [5.74, 6) is 0.217. The summed E-state index contributed by atoms with van der Waals surface area (Å²) in [5, 5.41) is 10.9. The number of benzene rings is 2. The molecule has 0 atom stereocenters. The molecule has 4 rings (SSSR count). The van der Waals surface area contributed by atoms with Crippen molar-refractivity contribution in [2.45, 2.75) is 13.1 Å². The number of anilines is 1. The van der Waals surface area contributed by atoms with Gasteiger partial charge in [0.05, 0.1) is 19.1 Å². The molecule has 7 heteroatoms. The largest absolute Gasteiger partial charge is 0.333 e. The van der Waals surface area contributed by atoms with Gasteiger partial charge in [0.15, 0.2) is 5.82 Å². The van der Waals surface area contributed by atoms with E-state index >= 15 is 0 Å². The third-order valence-corrected chi connectivity index (χ3v) is 4.11. The van der Waals surface area contributed by atoms with E-state index in [0.717, 1.165) is 17.7 Å². The summed E-state index contributed by atoms with van der Waals surface area (Å²) in [6, 6.07) is 17.4. The molecule has 0 aliphatic carbocycles. The van der Waals surface area contributed by atoms with Gasteiger partial charge < -0.3 is 9.88 Å². The Morgan fingerprint density at radius 3 is 2.48 bits per heavy atom. The molecule has 0 unspecified atom stereocenters. The maximum absolute atomic E-state index is 12.4. The van der Waals surface area contributed by atoms with E-state index in [2.05, 4.69) is 20.6 Å². The van der Waals surface area contributed by atoms with E-state index in [9.17, 15) is 4.79 Å². The molecule has 0 saturated carbocycles. The summed E-state index contributed by atoms with van der Waals surface area (Å²) in [6.07, 6.45) is 7.13. The van der Waals surface area contributed by atoms with Crippen LogP contribution in [0.4, 0.5) is 5.82 Å². The van der Waals surface area contributed by atoms with Gasteiger partial charge in [0.2, 0.25) is 0 Å². The van der Waals surface area contributed by atoms with E-state index in [1.807, 2.05) is 53.2 Å². The lowest BCUT2D eigenvalue weighted by Crippen LogP contribution is -2.12. The third-order valence-electron chi connectivity index (χ3n) is 4.11. The van der Waals surface area contributed by atoms with Gasteiger partial charge in [0.1, 0.15) is 0 Å². The van der Waals surface area contributed by atoms with Crippen molar-refractivity contribution in [1.29, 1.82) is 0 Å². The Morgan fingerprint density at radius 2 is 1.74 bits per heavy atom. The summed E-state index contributed by atoms with van der Waals surface area (Å²) in [7, 11) is 0. The van der Waals surface area contributed by atoms with Gasteiger partial charge in [-0.1, -0.05) is 47.7 Å². The van der Waals surface area contributed by atoms with E-state index in [1.54, 1.807) is 35.5 Å². The molecule has 2 heterocycles. The van der Waals surface area contributed by atoms with Gasteiger partial charge in [0.25, 0.3) is 5.91 Å². The van der Waals surface area contributed by atoms with E-state index in [1.165, 1.54) is 0 Å². The first-order valence-electron chi connectivity index (χ1n) is 8.56. The molecular formula is C20H18N6O. The molecule has 0 bridgehead atoms. The van der Waals surface area contributed by atoms with Crippen LogP contribution in [0, 0.1) is 0 Å². The molecule has 0 aliphatic heterocycles. The highest BCUT2D eigenvalue weighted by Gasteiger charge is 2.09. The molecule has 1 amide bonds. The summed E-state index contributed by atoms with van der Waals surface area (Å²) < 4.78 is 3.67. The van der Waals surface area contributed by atoms with Crippen molar-refractivity contribution in [2.75, 3.05) is 5.32 Å². The molecule has 1 N–H and O–H groups in total. The van der Waals surface area contributed by atoms with Crippen molar-refractivity contribution in [3.05, 3.63) is 96.2 Å². The number of hydrogen-bond donors (Lipinski definition) is 1. The Morgan fingerprint density at radius 1 is 0.963 bits per heavy atom. The lowest BCUT2D eigenvalue weighted by Gasteiger charge is -2.05. The number of carbonyl (C=O) groups excluding carboxylic acids is 1. The molecule has 134 valence electrons. The average molecular weight is 358 g/mol. The number of nitrogens with one attached hydrogen (secondary N) is 1. The van der Waals surface area contributed by atoms with Crippen LogP contribution >= 0.6 is 0 Å². The predicted octanol–water partition coefficient (Wildman–Crippen LogP) is 2.82. The second-order valence-electron chi connectivity index (χ2n) is 6.17. The molecule has 0 fully saturated rings. The van der Waals surface area contributed by atoms with Crippen LogP contribution in [0.25, 0.3) is 0 Å². The minimum atomic E-state index is -0.212. The zero-order valence-electron chi connectivity index (χ0n) is 14.6. The zero-order chi connectivity index (χ0) is 18.5. The molecule has 2 aromatic carbocycles. The van der Waals surface area contributed by atoms with Crippen LogP contribution in [0.2, 0.25) is 0 Å². The number of hydrogen-bond acceptors (Lipinski definition) is 4. The van der Waals surface area contributed by atoms with Crippen molar-refractivity contribution in [2.24, 2.45) is 0 Å². The van der Waals surface area contributed by atoms with Crippen molar-refractivity contribution in [1.82, 2.24) is 24.5 Å². The number of rotatable bonds is 6. The average Bonchev–Trinajstić information content (AvgIpc) is 3.35. The van der Waals surface area contributed by atoms with Crippen LogP contribution in [0.15, 0.2) is 79.5 Å². The molecule has 4 aromatic rings. The third kappa shape index (κ3) is 4.27. The normalized spacial score (nSPS) is 10.7. The van der Waals surface area contributed by atoms with E-state index in [0.29, 0.717) is 17.9 Å². The topological polar surface area (TPSA) is 77.6 Å². The van der Waals surface area contributed by atoms with Gasteiger partial charge in [-0.05, 0) is 23.3 Å². The van der Waals surface area contributed by atoms with E-state index in [-0.39, 0.29) is 5.91 Å². The summed E-state index contributed by atoms with van der Waals surface area (Å²) in [4.78, 5) is 16.4. The molecule has 0 spiro atoms. The van der Waals surface area contributed by atoms with Crippen LogP contribution in [0.5, 0.6) is 0 Å². The number of carbonyl (C=O) groups is 1. The van der Waals surface area contributed by atoms with E-state index in [4.69, 9.17) is 0 Å². The highest BCUT2D eigenvalue weighted by molar-refractivity contribution is 6.03. The fourth-order valence-corrected chi connectivity index (χ4v) is 2.74. The molecule has 0 aliphatic rings. The molecule has 2 aromatic heterocycles. The van der Waals surface area contributed by atoms with Crippen molar-refractivity contribution < 1.29 is 4.79 Å². The van der Waals surface area contributed by atoms with Gasteiger partial charge in [-0.15, -0.1) is 5.10 Å². The molecule has 0 radical (unpaired) electrons. The first-order chi connectivity index (χ1) is 13.3. The Hall–Kier alpha value is -3.74. The minimum Gasteiger partial charge on any atom is -0.333 e. The summed E-state index contributed by atoms with van der Waals surface area (Å²) in [6.45, 7) is 1.32. The molecule has 7 nitrogen and oxygen atoms in total. The predicted molar refractivity (Wildman–Crippen MR) is 101 cm³/mol. The monoisotopic (exact) mass is 358 g/mol. The maximum Gasteiger partial charge on any atom is 0.256 e. The first kappa shape index (κ1) is 16.7. The fraction of sp³-hybridized carbons (Fsp3) is 0.100. The Labute approximate surface area is 156 Å². The Kier molecular flexibility index (Phi) is 4.74. The van der Waals surface area contributed by atoms with Crippen LogP contribution in [-0.4, -0.2) is 30.5 Å². The van der Waals surface area contributed by atoms with Gasteiger partial charge in [-0.2, -0.15) is 0 Å². The number of nitrogens with zero attached hydrogens (tertiary/aromatic N) is 5. The molecule has 27 heavy (non-hydrogen) atoms. The van der Waals surface area contributed by atoms with Gasteiger partial charge in [0, 0.05) is 24.5 Å². The lowest BCUT2D eigenvalue weighted by molar-refractivity contribution is 0.102. The zero-order valence-corrected chi connectivity index (χ0v) is 14.6. The fourth-order valence-electron chi connectivity index (χ4n) is 2.74.